The SMILES string of the molecule is COCCN1C(=O)c2[nH]nc(-c3ccccc3)c2C1c1ccc(F)cc1. The lowest BCUT2D eigenvalue weighted by Gasteiger charge is -2.26. The second-order valence-electron chi connectivity index (χ2n) is 6.17. The molecule has 0 bridgehead atoms. The molecule has 0 saturated heterocycles. The van der Waals surface area contributed by atoms with Gasteiger partial charge in [0.2, 0.25) is 0 Å². The lowest BCUT2D eigenvalue weighted by molar-refractivity contribution is 0.0677. The summed E-state index contributed by atoms with van der Waals surface area (Å²) in [5.41, 5.74) is 3.81. The number of hydrogen-bond donors (Lipinski definition) is 1. The van der Waals surface area contributed by atoms with Crippen molar-refractivity contribution in [3.05, 3.63) is 77.2 Å². The van der Waals surface area contributed by atoms with Crippen LogP contribution in [0, 0.1) is 5.82 Å². The number of ether oxygens (including phenoxy) is 1. The quantitative estimate of drug-likeness (QED) is 0.766. The highest BCUT2D eigenvalue weighted by molar-refractivity contribution is 6.00. The van der Waals surface area contributed by atoms with Gasteiger partial charge in [-0.3, -0.25) is 9.89 Å². The maximum atomic E-state index is 13.4. The van der Waals surface area contributed by atoms with E-state index in [0.717, 1.165) is 22.4 Å². The summed E-state index contributed by atoms with van der Waals surface area (Å²) in [6.45, 7) is 0.857. The third-order valence-electron chi connectivity index (χ3n) is 4.63. The van der Waals surface area contributed by atoms with Crippen molar-refractivity contribution < 1.29 is 13.9 Å². The standard InChI is InChI=1S/C20H18FN3O2/c1-26-12-11-24-19(14-7-9-15(21)10-8-14)16-17(13-5-3-2-4-6-13)22-23-18(16)20(24)25/h2-10,19H,11-12H2,1H3,(H,22,23). The van der Waals surface area contributed by atoms with E-state index in [1.807, 2.05) is 30.3 Å². The van der Waals surface area contributed by atoms with Gasteiger partial charge in [0.15, 0.2) is 0 Å². The van der Waals surface area contributed by atoms with Crippen LogP contribution >= 0.6 is 0 Å². The van der Waals surface area contributed by atoms with Crippen LogP contribution in [0.25, 0.3) is 11.3 Å². The molecule has 3 aromatic rings. The summed E-state index contributed by atoms with van der Waals surface area (Å²) in [5.74, 6) is -0.432. The Bertz CT molecular complexity index is 922. The van der Waals surface area contributed by atoms with Crippen LogP contribution in [-0.4, -0.2) is 41.3 Å². The highest BCUT2D eigenvalue weighted by atomic mass is 19.1. The Labute approximate surface area is 150 Å². The van der Waals surface area contributed by atoms with Gasteiger partial charge in [0.05, 0.1) is 18.3 Å². The van der Waals surface area contributed by atoms with Crippen molar-refractivity contribution in [2.24, 2.45) is 0 Å². The van der Waals surface area contributed by atoms with Crippen molar-refractivity contribution in [1.29, 1.82) is 0 Å². The third kappa shape index (κ3) is 2.68. The molecule has 1 amide bonds. The average molecular weight is 351 g/mol. The fourth-order valence-corrected chi connectivity index (χ4v) is 3.42. The van der Waals surface area contributed by atoms with E-state index in [9.17, 15) is 9.18 Å². The Kier molecular flexibility index (Phi) is 4.26. The summed E-state index contributed by atoms with van der Waals surface area (Å²) >= 11 is 0. The minimum absolute atomic E-state index is 0.124. The molecule has 0 saturated carbocycles. The van der Waals surface area contributed by atoms with E-state index in [1.54, 1.807) is 24.1 Å². The third-order valence-corrected chi connectivity index (χ3v) is 4.63. The van der Waals surface area contributed by atoms with Gasteiger partial charge in [-0.25, -0.2) is 4.39 Å². The van der Waals surface area contributed by atoms with Gasteiger partial charge >= 0.3 is 0 Å². The number of nitrogens with one attached hydrogen (secondary N) is 1. The Hall–Kier alpha value is -2.99. The number of hydrogen-bond acceptors (Lipinski definition) is 3. The van der Waals surface area contributed by atoms with Crippen molar-refractivity contribution in [3.63, 3.8) is 0 Å². The van der Waals surface area contributed by atoms with Gasteiger partial charge in [-0.1, -0.05) is 42.5 Å². The summed E-state index contributed by atoms with van der Waals surface area (Å²) in [7, 11) is 1.60. The van der Waals surface area contributed by atoms with Crippen LogP contribution in [-0.2, 0) is 4.74 Å². The normalized spacial score (nSPS) is 16.2. The second-order valence-corrected chi connectivity index (χ2v) is 6.17. The van der Waals surface area contributed by atoms with E-state index in [0.29, 0.717) is 18.8 Å². The molecular weight excluding hydrogens is 333 g/mol. The average Bonchev–Trinajstić information content (AvgIpc) is 3.21. The van der Waals surface area contributed by atoms with Crippen LogP contribution in [0.2, 0.25) is 0 Å². The first kappa shape index (κ1) is 16.5. The summed E-state index contributed by atoms with van der Waals surface area (Å²) in [6, 6.07) is 15.6. The first-order valence-corrected chi connectivity index (χ1v) is 8.39. The first-order chi connectivity index (χ1) is 12.7. The molecule has 5 nitrogen and oxygen atoms in total. The maximum Gasteiger partial charge on any atom is 0.273 e. The zero-order chi connectivity index (χ0) is 18.1. The number of rotatable bonds is 5. The molecule has 6 heteroatoms. The number of H-pyrrole nitrogens is 1. The van der Waals surface area contributed by atoms with Gasteiger partial charge in [-0.15, -0.1) is 0 Å². The van der Waals surface area contributed by atoms with Crippen molar-refractivity contribution >= 4 is 5.91 Å². The number of fused-ring (bicyclic) bond motifs is 1. The number of methoxy groups -OCH3 is 1. The van der Waals surface area contributed by atoms with Gasteiger partial charge in [-0.2, -0.15) is 5.10 Å². The van der Waals surface area contributed by atoms with E-state index < -0.39 is 0 Å². The second kappa shape index (κ2) is 6.72. The molecular formula is C20H18FN3O2. The molecule has 4 rings (SSSR count). The monoisotopic (exact) mass is 351 g/mol. The van der Waals surface area contributed by atoms with Gasteiger partial charge in [-0.05, 0) is 17.7 Å². The molecule has 26 heavy (non-hydrogen) atoms. The number of carbonyl (C=O) groups is 1. The Morgan fingerprint density at radius 2 is 1.88 bits per heavy atom. The fourth-order valence-electron chi connectivity index (χ4n) is 3.42. The molecule has 1 unspecified atom stereocenters. The van der Waals surface area contributed by atoms with Crippen LogP contribution in [0.5, 0.6) is 0 Å². The summed E-state index contributed by atoms with van der Waals surface area (Å²) in [4.78, 5) is 14.7. The zero-order valence-corrected chi connectivity index (χ0v) is 14.3. The highest BCUT2D eigenvalue weighted by Crippen LogP contribution is 2.42. The summed E-state index contributed by atoms with van der Waals surface area (Å²) < 4.78 is 18.6. The van der Waals surface area contributed by atoms with Crippen LogP contribution in [0.15, 0.2) is 54.6 Å². The Balaban J connectivity index is 1.85. The van der Waals surface area contributed by atoms with Gasteiger partial charge in [0, 0.05) is 24.8 Å². The van der Waals surface area contributed by atoms with Crippen molar-refractivity contribution in [2.45, 2.75) is 6.04 Å². The molecule has 1 aliphatic rings. The van der Waals surface area contributed by atoms with Crippen molar-refractivity contribution in [1.82, 2.24) is 15.1 Å². The highest BCUT2D eigenvalue weighted by Gasteiger charge is 2.41. The zero-order valence-electron chi connectivity index (χ0n) is 14.3. The first-order valence-electron chi connectivity index (χ1n) is 8.39. The molecule has 1 aliphatic heterocycles. The van der Waals surface area contributed by atoms with E-state index in [4.69, 9.17) is 4.74 Å². The van der Waals surface area contributed by atoms with Crippen LogP contribution < -0.4 is 0 Å². The molecule has 1 aromatic heterocycles. The van der Waals surface area contributed by atoms with Gasteiger partial charge < -0.3 is 9.64 Å². The smallest absolute Gasteiger partial charge is 0.273 e. The molecule has 0 spiro atoms. The fraction of sp³-hybridized carbons (Fsp3) is 0.200. The number of nitrogens with zero attached hydrogens (tertiary/aromatic N) is 2. The Morgan fingerprint density at radius 1 is 1.15 bits per heavy atom. The number of aromatic amines is 1. The van der Waals surface area contributed by atoms with Crippen LogP contribution in [0.3, 0.4) is 0 Å². The van der Waals surface area contributed by atoms with Crippen LogP contribution in [0.1, 0.15) is 27.7 Å². The largest absolute Gasteiger partial charge is 0.383 e. The summed E-state index contributed by atoms with van der Waals surface area (Å²) in [5, 5.41) is 7.28. The molecule has 0 radical (unpaired) electrons. The number of aromatic nitrogens is 2. The van der Waals surface area contributed by atoms with Crippen LogP contribution in [0.4, 0.5) is 4.39 Å². The molecule has 0 fully saturated rings. The van der Waals surface area contributed by atoms with Crippen molar-refractivity contribution in [3.8, 4) is 11.3 Å². The molecule has 2 aromatic carbocycles. The van der Waals surface area contributed by atoms with Gasteiger partial charge in [0.25, 0.3) is 5.91 Å². The van der Waals surface area contributed by atoms with Gasteiger partial charge in [0.1, 0.15) is 11.5 Å². The molecule has 1 N–H and O–H groups in total. The molecule has 132 valence electrons. The lowest BCUT2D eigenvalue weighted by Crippen LogP contribution is -2.32. The minimum Gasteiger partial charge on any atom is -0.383 e. The predicted molar refractivity (Wildman–Crippen MR) is 95.2 cm³/mol. The summed E-state index contributed by atoms with van der Waals surface area (Å²) in [6.07, 6.45) is 0. The Morgan fingerprint density at radius 3 is 2.58 bits per heavy atom. The van der Waals surface area contributed by atoms with E-state index in [-0.39, 0.29) is 17.8 Å². The molecule has 1 atom stereocenters. The number of carbonyl (C=O) groups excluding carboxylic acids is 1. The maximum absolute atomic E-state index is 13.4. The lowest BCUT2D eigenvalue weighted by atomic mass is 9.96. The predicted octanol–water partition coefficient (Wildman–Crippen LogP) is 3.41. The van der Waals surface area contributed by atoms with Crippen molar-refractivity contribution in [2.75, 3.05) is 20.3 Å². The number of amides is 1. The molecule has 2 heterocycles. The minimum atomic E-state index is -0.331. The topological polar surface area (TPSA) is 58.2 Å². The van der Waals surface area contributed by atoms with E-state index in [2.05, 4.69) is 10.2 Å². The number of halogens is 1. The molecule has 0 aliphatic carbocycles. The van der Waals surface area contributed by atoms with E-state index in [1.165, 1.54) is 12.1 Å². The number of benzene rings is 2. The van der Waals surface area contributed by atoms with E-state index >= 15 is 0 Å².